The number of anilines is 1. The van der Waals surface area contributed by atoms with Gasteiger partial charge in [-0.2, -0.15) is 0 Å². The van der Waals surface area contributed by atoms with Crippen LogP contribution in [0.25, 0.3) is 10.9 Å². The third-order valence-corrected chi connectivity index (χ3v) is 2.60. The van der Waals surface area contributed by atoms with Crippen molar-refractivity contribution in [2.45, 2.75) is 13.8 Å². The lowest BCUT2D eigenvalue weighted by molar-refractivity contribution is 0.322. The predicted octanol–water partition coefficient (Wildman–Crippen LogP) is 3.12. The summed E-state index contributed by atoms with van der Waals surface area (Å²) in [5.41, 5.74) is 1.65. The Morgan fingerprint density at radius 2 is 2.12 bits per heavy atom. The number of halogens is 1. The Kier molecular flexibility index (Phi) is 3.13. The van der Waals surface area contributed by atoms with Gasteiger partial charge in [0.15, 0.2) is 11.6 Å². The Labute approximate surface area is 99.6 Å². The predicted molar refractivity (Wildman–Crippen MR) is 67.2 cm³/mol. The molecule has 0 unspecified atom stereocenters. The van der Waals surface area contributed by atoms with Crippen molar-refractivity contribution in [3.05, 3.63) is 29.6 Å². The second-order valence-electron chi connectivity index (χ2n) is 3.81. The van der Waals surface area contributed by atoms with Crippen molar-refractivity contribution < 1.29 is 9.13 Å². The highest BCUT2D eigenvalue weighted by atomic mass is 19.1. The molecule has 0 saturated heterocycles. The van der Waals surface area contributed by atoms with Crippen LogP contribution in [0.1, 0.15) is 12.5 Å². The first-order valence-electron chi connectivity index (χ1n) is 5.57. The van der Waals surface area contributed by atoms with Crippen molar-refractivity contribution in [1.82, 2.24) is 4.98 Å². The molecule has 0 fully saturated rings. The number of aryl methyl sites for hydroxylation is 1. The fourth-order valence-corrected chi connectivity index (χ4v) is 1.80. The monoisotopic (exact) mass is 234 g/mol. The Hall–Kier alpha value is -1.84. The maximum atomic E-state index is 13.7. The number of aromatic nitrogens is 1. The van der Waals surface area contributed by atoms with Crippen LogP contribution in [0.3, 0.4) is 0 Å². The summed E-state index contributed by atoms with van der Waals surface area (Å²) in [7, 11) is 1.80. The summed E-state index contributed by atoms with van der Waals surface area (Å²) < 4.78 is 18.9. The van der Waals surface area contributed by atoms with Crippen LogP contribution in [0.15, 0.2) is 18.2 Å². The summed E-state index contributed by atoms with van der Waals surface area (Å²) in [4.78, 5) is 4.35. The Balaban J connectivity index is 2.62. The van der Waals surface area contributed by atoms with Gasteiger partial charge >= 0.3 is 0 Å². The van der Waals surface area contributed by atoms with Gasteiger partial charge < -0.3 is 10.1 Å². The first kappa shape index (κ1) is 11.6. The minimum absolute atomic E-state index is 0.276. The van der Waals surface area contributed by atoms with Crippen LogP contribution in [0, 0.1) is 12.7 Å². The number of pyridine rings is 1. The molecule has 0 aliphatic heterocycles. The van der Waals surface area contributed by atoms with Crippen molar-refractivity contribution in [3.8, 4) is 5.75 Å². The van der Waals surface area contributed by atoms with E-state index in [0.29, 0.717) is 12.1 Å². The van der Waals surface area contributed by atoms with Crippen LogP contribution in [0.2, 0.25) is 0 Å². The van der Waals surface area contributed by atoms with Gasteiger partial charge in [0.25, 0.3) is 0 Å². The highest BCUT2D eigenvalue weighted by Crippen LogP contribution is 2.26. The van der Waals surface area contributed by atoms with E-state index in [1.807, 2.05) is 19.9 Å². The van der Waals surface area contributed by atoms with Crippen molar-refractivity contribution >= 4 is 16.7 Å². The van der Waals surface area contributed by atoms with E-state index < -0.39 is 0 Å². The molecule has 0 bridgehead atoms. The summed E-state index contributed by atoms with van der Waals surface area (Å²) in [5, 5.41) is 3.86. The average molecular weight is 234 g/mol. The molecule has 0 radical (unpaired) electrons. The lowest BCUT2D eigenvalue weighted by Crippen LogP contribution is -1.98. The molecule has 3 nitrogen and oxygen atoms in total. The van der Waals surface area contributed by atoms with E-state index in [1.54, 1.807) is 13.1 Å². The van der Waals surface area contributed by atoms with Crippen LogP contribution < -0.4 is 10.1 Å². The smallest absolute Gasteiger partial charge is 0.167 e. The van der Waals surface area contributed by atoms with Crippen molar-refractivity contribution in [3.63, 3.8) is 0 Å². The van der Waals surface area contributed by atoms with Gasteiger partial charge in [0.2, 0.25) is 0 Å². The first-order valence-corrected chi connectivity index (χ1v) is 5.57. The summed E-state index contributed by atoms with van der Waals surface area (Å²) in [6, 6.07) is 5.06. The van der Waals surface area contributed by atoms with Crippen molar-refractivity contribution in [2.24, 2.45) is 0 Å². The zero-order chi connectivity index (χ0) is 12.4. The molecule has 1 aromatic carbocycles. The molecule has 0 amide bonds. The molecular formula is C13H15FN2O. The Morgan fingerprint density at radius 3 is 2.76 bits per heavy atom. The van der Waals surface area contributed by atoms with Crippen molar-refractivity contribution in [2.75, 3.05) is 19.0 Å². The SMILES string of the molecule is CCOc1cc2cc(C)c(NC)nc2cc1F. The van der Waals surface area contributed by atoms with E-state index in [1.165, 1.54) is 6.07 Å². The van der Waals surface area contributed by atoms with E-state index in [9.17, 15) is 4.39 Å². The molecule has 1 N–H and O–H groups in total. The number of benzene rings is 1. The van der Waals surface area contributed by atoms with Gasteiger partial charge in [-0.25, -0.2) is 9.37 Å². The lowest BCUT2D eigenvalue weighted by Gasteiger charge is -2.09. The number of ether oxygens (including phenoxy) is 1. The number of nitrogens with one attached hydrogen (secondary N) is 1. The minimum atomic E-state index is -0.377. The van der Waals surface area contributed by atoms with Crippen LogP contribution in [-0.4, -0.2) is 18.6 Å². The van der Waals surface area contributed by atoms with E-state index in [4.69, 9.17) is 4.74 Å². The summed E-state index contributed by atoms with van der Waals surface area (Å²) in [6.45, 7) is 4.24. The third-order valence-electron chi connectivity index (χ3n) is 2.60. The number of fused-ring (bicyclic) bond motifs is 1. The van der Waals surface area contributed by atoms with E-state index in [0.717, 1.165) is 16.8 Å². The topological polar surface area (TPSA) is 34.1 Å². The largest absolute Gasteiger partial charge is 0.491 e. The molecule has 0 aliphatic rings. The standard InChI is InChI=1S/C13H15FN2O/c1-4-17-12-6-9-5-8(2)13(15-3)16-11(9)7-10(12)14/h5-7H,4H2,1-3H3,(H,15,16). The first-order chi connectivity index (χ1) is 8.15. The average Bonchev–Trinajstić information content (AvgIpc) is 2.30. The summed E-state index contributed by atoms with van der Waals surface area (Å²) in [6.07, 6.45) is 0. The van der Waals surface area contributed by atoms with Gasteiger partial charge in [0, 0.05) is 18.5 Å². The molecule has 0 saturated carbocycles. The normalized spacial score (nSPS) is 10.6. The van der Waals surface area contributed by atoms with Gasteiger partial charge in [0.05, 0.1) is 12.1 Å². The third kappa shape index (κ3) is 2.16. The molecular weight excluding hydrogens is 219 g/mol. The molecule has 2 rings (SSSR count). The Bertz CT molecular complexity index is 555. The molecule has 0 atom stereocenters. The fourth-order valence-electron chi connectivity index (χ4n) is 1.80. The van der Waals surface area contributed by atoms with Gasteiger partial charge in [0.1, 0.15) is 5.82 Å². The quantitative estimate of drug-likeness (QED) is 0.886. The molecule has 2 aromatic rings. The number of nitrogens with zero attached hydrogens (tertiary/aromatic N) is 1. The maximum Gasteiger partial charge on any atom is 0.167 e. The minimum Gasteiger partial charge on any atom is -0.491 e. The lowest BCUT2D eigenvalue weighted by atomic mass is 10.1. The Morgan fingerprint density at radius 1 is 1.35 bits per heavy atom. The fraction of sp³-hybridized carbons (Fsp3) is 0.308. The second-order valence-corrected chi connectivity index (χ2v) is 3.81. The van der Waals surface area contributed by atoms with E-state index in [2.05, 4.69) is 10.3 Å². The number of hydrogen-bond acceptors (Lipinski definition) is 3. The maximum absolute atomic E-state index is 13.7. The van der Waals surface area contributed by atoms with Crippen LogP contribution in [0.4, 0.5) is 10.2 Å². The zero-order valence-corrected chi connectivity index (χ0v) is 10.2. The van der Waals surface area contributed by atoms with Crippen LogP contribution in [0.5, 0.6) is 5.75 Å². The highest BCUT2D eigenvalue weighted by molar-refractivity contribution is 5.83. The van der Waals surface area contributed by atoms with Gasteiger partial charge in [-0.1, -0.05) is 0 Å². The zero-order valence-electron chi connectivity index (χ0n) is 10.2. The number of rotatable bonds is 3. The highest BCUT2D eigenvalue weighted by Gasteiger charge is 2.08. The van der Waals surface area contributed by atoms with Gasteiger partial charge in [-0.3, -0.25) is 0 Å². The van der Waals surface area contributed by atoms with Crippen LogP contribution >= 0.6 is 0 Å². The van der Waals surface area contributed by atoms with Gasteiger partial charge in [-0.15, -0.1) is 0 Å². The molecule has 1 heterocycles. The van der Waals surface area contributed by atoms with Crippen LogP contribution in [-0.2, 0) is 0 Å². The van der Waals surface area contributed by atoms with Crippen molar-refractivity contribution in [1.29, 1.82) is 0 Å². The molecule has 90 valence electrons. The molecule has 0 spiro atoms. The van der Waals surface area contributed by atoms with E-state index in [-0.39, 0.29) is 11.6 Å². The number of hydrogen-bond donors (Lipinski definition) is 1. The van der Waals surface area contributed by atoms with Gasteiger partial charge in [-0.05, 0) is 31.5 Å². The molecule has 0 aliphatic carbocycles. The van der Waals surface area contributed by atoms with E-state index >= 15 is 0 Å². The molecule has 17 heavy (non-hydrogen) atoms. The molecule has 4 heteroatoms. The summed E-state index contributed by atoms with van der Waals surface area (Å²) >= 11 is 0. The second kappa shape index (κ2) is 4.57. The molecule has 1 aromatic heterocycles. The summed E-state index contributed by atoms with van der Waals surface area (Å²) in [5.74, 6) is 0.664.